The average Bonchev–Trinajstić information content (AvgIpc) is 2.79. The number of ether oxygens (including phenoxy) is 1. The first-order chi connectivity index (χ1) is 15.6. The number of rotatable bonds is 7. The number of oxime groups is 2. The maximum Gasteiger partial charge on any atom is 0.447 e. The third kappa shape index (κ3) is 6.84. The Hall–Kier alpha value is -3.80. The van der Waals surface area contributed by atoms with Gasteiger partial charge in [0.1, 0.15) is 18.6 Å². The molecule has 0 heterocycles. The Morgan fingerprint density at radius 3 is 2.18 bits per heavy atom. The lowest BCUT2D eigenvalue weighted by Gasteiger charge is -2.21. The molecule has 0 N–H and O–H groups in total. The predicted molar refractivity (Wildman–Crippen MR) is 126 cm³/mol. The van der Waals surface area contributed by atoms with E-state index >= 15 is 0 Å². The summed E-state index contributed by atoms with van der Waals surface area (Å²) in [6.07, 6.45) is -1.63. The van der Waals surface area contributed by atoms with Gasteiger partial charge in [-0.2, -0.15) is 0 Å². The van der Waals surface area contributed by atoms with Crippen LogP contribution in [-0.2, 0) is 14.5 Å². The number of benzene rings is 2. The third-order valence-corrected chi connectivity index (χ3v) is 4.89. The minimum absolute atomic E-state index is 0.120. The SMILES string of the molecule is CO/N=C(C)/C(=N/OC(=O)N(C)SN(C)C(=O)Oc1cccc2ccccc12)C(=O)N(C)C. The van der Waals surface area contributed by atoms with Crippen LogP contribution in [0.25, 0.3) is 10.8 Å². The van der Waals surface area contributed by atoms with Crippen LogP contribution in [0.3, 0.4) is 0 Å². The van der Waals surface area contributed by atoms with Gasteiger partial charge in [-0.3, -0.25) is 9.63 Å². The van der Waals surface area contributed by atoms with Crippen LogP contribution >= 0.6 is 12.1 Å². The van der Waals surface area contributed by atoms with Crippen molar-refractivity contribution < 1.29 is 28.8 Å². The van der Waals surface area contributed by atoms with E-state index in [9.17, 15) is 14.4 Å². The molecule has 0 spiro atoms. The van der Waals surface area contributed by atoms with E-state index in [-0.39, 0.29) is 11.4 Å². The molecule has 176 valence electrons. The topological polar surface area (TPSA) is 113 Å². The summed E-state index contributed by atoms with van der Waals surface area (Å²) in [7, 11) is 7.14. The second-order valence-corrected chi connectivity index (χ2v) is 8.04. The van der Waals surface area contributed by atoms with Gasteiger partial charge in [0.25, 0.3) is 5.91 Å². The lowest BCUT2D eigenvalue weighted by Crippen LogP contribution is -2.35. The third-order valence-electron chi connectivity index (χ3n) is 4.10. The first kappa shape index (κ1) is 25.5. The van der Waals surface area contributed by atoms with Crippen molar-refractivity contribution in [2.45, 2.75) is 6.92 Å². The molecule has 2 aromatic rings. The number of hydrogen-bond acceptors (Lipinski definition) is 9. The maximum atomic E-state index is 12.5. The molecule has 0 saturated carbocycles. The Morgan fingerprint density at radius 1 is 0.879 bits per heavy atom. The lowest BCUT2D eigenvalue weighted by molar-refractivity contribution is -0.121. The van der Waals surface area contributed by atoms with Crippen LogP contribution in [0.4, 0.5) is 9.59 Å². The fourth-order valence-electron chi connectivity index (χ4n) is 2.49. The van der Waals surface area contributed by atoms with Crippen molar-refractivity contribution in [2.24, 2.45) is 10.3 Å². The highest BCUT2D eigenvalue weighted by atomic mass is 32.2. The zero-order chi connectivity index (χ0) is 24.5. The summed E-state index contributed by atoms with van der Waals surface area (Å²) in [5.74, 6) is -0.146. The first-order valence-electron chi connectivity index (χ1n) is 9.59. The van der Waals surface area contributed by atoms with Crippen molar-refractivity contribution in [1.82, 2.24) is 13.5 Å². The molecule has 0 bridgehead atoms. The highest BCUT2D eigenvalue weighted by molar-refractivity contribution is 7.95. The summed E-state index contributed by atoms with van der Waals surface area (Å²) in [5, 5.41) is 8.96. The molecular formula is C21H25N5O6S. The standard InChI is InChI=1S/C21H25N5O6S/c1-14(22-30-6)18(19(27)24(2)3)23-32-21(29)26(5)33-25(4)20(28)31-17-13-9-11-15-10-7-8-12-16(15)17/h7-13H,1-6H3/b22-14+,23-18-. The number of carbonyl (C=O) groups excluding carboxylic acids is 3. The molecule has 33 heavy (non-hydrogen) atoms. The van der Waals surface area contributed by atoms with Crippen LogP contribution in [0.5, 0.6) is 5.75 Å². The average molecular weight is 476 g/mol. The Kier molecular flexibility index (Phi) is 9.04. The molecule has 0 aliphatic heterocycles. The molecule has 0 aromatic heterocycles. The molecule has 3 amide bonds. The molecule has 0 saturated heterocycles. The molecule has 2 rings (SSSR count). The normalized spacial score (nSPS) is 11.6. The monoisotopic (exact) mass is 475 g/mol. The van der Waals surface area contributed by atoms with Crippen molar-refractivity contribution in [2.75, 3.05) is 35.3 Å². The van der Waals surface area contributed by atoms with E-state index < -0.39 is 18.1 Å². The fourth-order valence-corrected chi connectivity index (χ4v) is 3.06. The minimum atomic E-state index is -0.931. The van der Waals surface area contributed by atoms with Crippen LogP contribution in [0.1, 0.15) is 6.92 Å². The van der Waals surface area contributed by atoms with Crippen molar-refractivity contribution >= 4 is 52.4 Å². The van der Waals surface area contributed by atoms with Crippen LogP contribution in [0, 0.1) is 0 Å². The van der Waals surface area contributed by atoms with Gasteiger partial charge in [0.2, 0.25) is 0 Å². The molecule has 0 aliphatic carbocycles. The lowest BCUT2D eigenvalue weighted by atomic mass is 10.1. The molecule has 11 nitrogen and oxygen atoms in total. The van der Waals surface area contributed by atoms with E-state index in [1.807, 2.05) is 30.3 Å². The van der Waals surface area contributed by atoms with Crippen molar-refractivity contribution in [3.05, 3.63) is 42.5 Å². The van der Waals surface area contributed by atoms with Gasteiger partial charge in [-0.15, -0.1) is 0 Å². The molecule has 0 unspecified atom stereocenters. The quantitative estimate of drug-likeness (QED) is 0.261. The fraction of sp³-hybridized carbons (Fsp3) is 0.286. The summed E-state index contributed by atoms with van der Waals surface area (Å²) in [6, 6.07) is 12.8. The van der Waals surface area contributed by atoms with Gasteiger partial charge in [0, 0.05) is 33.6 Å². The van der Waals surface area contributed by atoms with Gasteiger partial charge in [0.05, 0.1) is 12.1 Å². The summed E-state index contributed by atoms with van der Waals surface area (Å²) < 4.78 is 7.58. The highest BCUT2D eigenvalue weighted by Gasteiger charge is 2.23. The largest absolute Gasteiger partial charge is 0.447 e. The van der Waals surface area contributed by atoms with E-state index in [2.05, 4.69) is 15.1 Å². The molecule has 2 aromatic carbocycles. The van der Waals surface area contributed by atoms with Gasteiger partial charge in [0.15, 0.2) is 5.71 Å². The number of carbonyl (C=O) groups is 3. The highest BCUT2D eigenvalue weighted by Crippen LogP contribution is 2.26. The smallest absolute Gasteiger partial charge is 0.409 e. The predicted octanol–water partition coefficient (Wildman–Crippen LogP) is 3.37. The Labute approximate surface area is 195 Å². The number of nitrogens with zero attached hydrogens (tertiary/aromatic N) is 5. The zero-order valence-electron chi connectivity index (χ0n) is 19.1. The van der Waals surface area contributed by atoms with Crippen molar-refractivity contribution in [3.63, 3.8) is 0 Å². The van der Waals surface area contributed by atoms with E-state index in [1.54, 1.807) is 12.1 Å². The maximum absolute atomic E-state index is 12.5. The number of hydrogen-bond donors (Lipinski definition) is 0. The Morgan fingerprint density at radius 2 is 1.52 bits per heavy atom. The van der Waals surface area contributed by atoms with Crippen LogP contribution in [-0.4, -0.2) is 78.3 Å². The summed E-state index contributed by atoms with van der Waals surface area (Å²) >= 11 is 0.723. The molecule has 0 radical (unpaired) electrons. The molecule has 12 heteroatoms. The molecular weight excluding hydrogens is 450 g/mol. The zero-order valence-corrected chi connectivity index (χ0v) is 20.0. The van der Waals surface area contributed by atoms with Gasteiger partial charge in [-0.05, 0) is 18.4 Å². The molecule has 0 atom stereocenters. The van der Waals surface area contributed by atoms with E-state index in [0.29, 0.717) is 5.75 Å². The second kappa shape index (κ2) is 11.7. The number of fused-ring (bicyclic) bond motifs is 1. The van der Waals surface area contributed by atoms with Gasteiger partial charge in [-0.1, -0.05) is 46.7 Å². The van der Waals surface area contributed by atoms with Crippen molar-refractivity contribution in [3.8, 4) is 5.75 Å². The minimum Gasteiger partial charge on any atom is -0.409 e. The van der Waals surface area contributed by atoms with Crippen LogP contribution < -0.4 is 4.74 Å². The molecule has 0 aliphatic rings. The van der Waals surface area contributed by atoms with Gasteiger partial charge >= 0.3 is 12.2 Å². The van der Waals surface area contributed by atoms with E-state index in [1.165, 1.54) is 47.1 Å². The van der Waals surface area contributed by atoms with E-state index in [4.69, 9.17) is 9.57 Å². The summed E-state index contributed by atoms with van der Waals surface area (Å²) in [5.41, 5.74) is -0.0904. The molecule has 0 fully saturated rings. The Balaban J connectivity index is 2.03. The number of amides is 3. The van der Waals surface area contributed by atoms with Gasteiger partial charge in [-0.25, -0.2) is 18.2 Å². The summed E-state index contributed by atoms with van der Waals surface area (Å²) in [4.78, 5) is 47.8. The van der Waals surface area contributed by atoms with Crippen LogP contribution in [0.2, 0.25) is 0 Å². The Bertz CT molecular complexity index is 1080. The van der Waals surface area contributed by atoms with Crippen molar-refractivity contribution in [1.29, 1.82) is 0 Å². The first-order valence-corrected chi connectivity index (χ1v) is 10.3. The van der Waals surface area contributed by atoms with Crippen LogP contribution in [0.15, 0.2) is 52.8 Å². The van der Waals surface area contributed by atoms with E-state index in [0.717, 1.165) is 31.5 Å². The summed E-state index contributed by atoms with van der Waals surface area (Å²) in [6.45, 7) is 1.48. The second-order valence-electron chi connectivity index (χ2n) is 6.78. The van der Waals surface area contributed by atoms with Gasteiger partial charge < -0.3 is 14.5 Å².